The molecule has 0 saturated heterocycles. The van der Waals surface area contributed by atoms with Gasteiger partial charge in [-0.15, -0.1) is 0 Å². The third kappa shape index (κ3) is 6.58. The highest BCUT2D eigenvalue weighted by Crippen LogP contribution is 2.17. The van der Waals surface area contributed by atoms with Crippen molar-refractivity contribution in [3.05, 3.63) is 29.8 Å². The van der Waals surface area contributed by atoms with Crippen LogP contribution in [0.4, 0.5) is 0 Å². The lowest BCUT2D eigenvalue weighted by Crippen LogP contribution is -2.36. The Bertz CT molecular complexity index is 489. The van der Waals surface area contributed by atoms with Crippen molar-refractivity contribution < 1.29 is 9.53 Å². The molecule has 0 saturated carbocycles. The lowest BCUT2D eigenvalue weighted by atomic mass is 10.0. The number of nitrogens with two attached hydrogens (primary N) is 1. The molecular formula is C16H24N2O2S. The van der Waals surface area contributed by atoms with Crippen molar-refractivity contribution in [3.63, 3.8) is 0 Å². The number of thiocarbonyl (C=S) groups is 1. The molecule has 0 spiro atoms. The van der Waals surface area contributed by atoms with Gasteiger partial charge in [0.05, 0.1) is 5.56 Å². The highest BCUT2D eigenvalue weighted by Gasteiger charge is 2.11. The fourth-order valence-electron chi connectivity index (χ4n) is 1.91. The highest BCUT2D eigenvalue weighted by atomic mass is 32.1. The number of hydrogen-bond donors (Lipinski definition) is 2. The third-order valence-electron chi connectivity index (χ3n) is 3.10. The van der Waals surface area contributed by atoms with E-state index in [9.17, 15) is 4.79 Å². The molecule has 0 heterocycles. The first kappa shape index (κ1) is 17.4. The van der Waals surface area contributed by atoms with E-state index >= 15 is 0 Å². The summed E-state index contributed by atoms with van der Waals surface area (Å²) in [5, 5.41) is 2.93. The van der Waals surface area contributed by atoms with Crippen molar-refractivity contribution in [2.75, 3.05) is 6.61 Å². The summed E-state index contributed by atoms with van der Waals surface area (Å²) in [6.07, 6.45) is 2.06. The molecule has 1 atom stereocenters. The zero-order valence-electron chi connectivity index (χ0n) is 12.9. The number of carbonyl (C=O) groups excluding carboxylic acids is 1. The second-order valence-corrected chi connectivity index (χ2v) is 6.03. The van der Waals surface area contributed by atoms with Gasteiger partial charge in [0, 0.05) is 6.04 Å². The molecule has 3 N–H and O–H groups in total. The number of hydrogen-bond acceptors (Lipinski definition) is 3. The predicted octanol–water partition coefficient (Wildman–Crippen LogP) is 2.64. The first-order chi connectivity index (χ1) is 9.90. The zero-order valence-corrected chi connectivity index (χ0v) is 13.7. The van der Waals surface area contributed by atoms with Gasteiger partial charge in [-0.2, -0.15) is 0 Å². The van der Waals surface area contributed by atoms with E-state index in [0.717, 1.165) is 12.8 Å². The van der Waals surface area contributed by atoms with Gasteiger partial charge in [0.2, 0.25) is 0 Å². The van der Waals surface area contributed by atoms with Crippen LogP contribution in [0.2, 0.25) is 0 Å². The number of para-hydroxylation sites is 1. The van der Waals surface area contributed by atoms with E-state index in [4.69, 9.17) is 22.7 Å². The Hall–Kier alpha value is -1.62. The molecule has 0 aliphatic rings. The van der Waals surface area contributed by atoms with E-state index in [1.165, 1.54) is 0 Å². The van der Waals surface area contributed by atoms with Crippen LogP contribution in [0.3, 0.4) is 0 Å². The summed E-state index contributed by atoms with van der Waals surface area (Å²) in [7, 11) is 0. The van der Waals surface area contributed by atoms with Gasteiger partial charge in [-0.25, -0.2) is 0 Å². The van der Waals surface area contributed by atoms with Crippen molar-refractivity contribution >= 4 is 23.1 Å². The van der Waals surface area contributed by atoms with Crippen molar-refractivity contribution in [2.45, 2.75) is 39.7 Å². The zero-order chi connectivity index (χ0) is 15.8. The lowest BCUT2D eigenvalue weighted by molar-refractivity contribution is -0.123. The maximum absolute atomic E-state index is 11.9. The van der Waals surface area contributed by atoms with Gasteiger partial charge in [-0.05, 0) is 37.8 Å². The summed E-state index contributed by atoms with van der Waals surface area (Å²) in [4.78, 5) is 12.1. The van der Waals surface area contributed by atoms with Gasteiger partial charge in [0.1, 0.15) is 10.7 Å². The molecule has 4 nitrogen and oxygen atoms in total. The molecule has 1 aromatic rings. The van der Waals surface area contributed by atoms with E-state index in [0.29, 0.717) is 17.2 Å². The van der Waals surface area contributed by atoms with Gasteiger partial charge >= 0.3 is 0 Å². The minimum atomic E-state index is -0.135. The summed E-state index contributed by atoms with van der Waals surface area (Å²) in [5.41, 5.74) is 6.27. The van der Waals surface area contributed by atoms with Crippen LogP contribution in [0, 0.1) is 5.92 Å². The van der Waals surface area contributed by atoms with Crippen LogP contribution in [0.1, 0.15) is 39.2 Å². The quantitative estimate of drug-likeness (QED) is 0.725. The predicted molar refractivity (Wildman–Crippen MR) is 89.5 cm³/mol. The number of carbonyl (C=O) groups is 1. The second kappa shape index (κ2) is 8.62. The molecule has 1 rings (SSSR count). The van der Waals surface area contributed by atoms with Crippen LogP contribution >= 0.6 is 12.2 Å². The molecule has 5 heteroatoms. The van der Waals surface area contributed by atoms with Gasteiger partial charge < -0.3 is 15.8 Å². The van der Waals surface area contributed by atoms with Crippen molar-refractivity contribution in [1.82, 2.24) is 5.32 Å². The van der Waals surface area contributed by atoms with Crippen LogP contribution in [0.25, 0.3) is 0 Å². The molecule has 21 heavy (non-hydrogen) atoms. The Morgan fingerprint density at radius 3 is 2.57 bits per heavy atom. The first-order valence-corrected chi connectivity index (χ1v) is 7.62. The molecule has 0 aliphatic carbocycles. The molecule has 0 radical (unpaired) electrons. The van der Waals surface area contributed by atoms with Crippen LogP contribution in [-0.2, 0) is 4.79 Å². The Kier molecular flexibility index (Phi) is 7.15. The average molecular weight is 308 g/mol. The second-order valence-electron chi connectivity index (χ2n) is 5.59. The number of amides is 1. The highest BCUT2D eigenvalue weighted by molar-refractivity contribution is 7.80. The molecular weight excluding hydrogens is 284 g/mol. The molecule has 0 aromatic heterocycles. The van der Waals surface area contributed by atoms with Crippen molar-refractivity contribution in [2.24, 2.45) is 11.7 Å². The Balaban J connectivity index is 2.45. The fourth-order valence-corrected chi connectivity index (χ4v) is 2.08. The van der Waals surface area contributed by atoms with E-state index < -0.39 is 0 Å². The summed E-state index contributed by atoms with van der Waals surface area (Å²) >= 11 is 4.96. The minimum absolute atomic E-state index is 0.0361. The number of nitrogens with one attached hydrogen (secondary N) is 1. The lowest BCUT2D eigenvalue weighted by Gasteiger charge is -2.16. The summed E-state index contributed by atoms with van der Waals surface area (Å²) < 4.78 is 5.51. The molecule has 0 fully saturated rings. The standard InChI is InChI=1S/C16H24N2O2S/c1-11(2)8-9-12(3)18-15(19)10-20-14-7-5-4-6-13(14)16(17)21/h4-7,11-12H,8-10H2,1-3H3,(H2,17,21)(H,18,19). The Morgan fingerprint density at radius 1 is 1.29 bits per heavy atom. The van der Waals surface area contributed by atoms with Gasteiger partial charge in [0.15, 0.2) is 6.61 Å². The Morgan fingerprint density at radius 2 is 1.95 bits per heavy atom. The Labute approximate surface area is 132 Å². The summed E-state index contributed by atoms with van der Waals surface area (Å²) in [6.45, 7) is 6.31. The summed E-state index contributed by atoms with van der Waals surface area (Å²) in [6, 6.07) is 7.33. The van der Waals surface area contributed by atoms with E-state index in [1.807, 2.05) is 19.1 Å². The normalized spacial score (nSPS) is 12.0. The van der Waals surface area contributed by atoms with Gasteiger partial charge in [-0.1, -0.05) is 38.2 Å². The van der Waals surface area contributed by atoms with E-state index in [1.54, 1.807) is 12.1 Å². The number of rotatable bonds is 8. The monoisotopic (exact) mass is 308 g/mol. The molecule has 1 unspecified atom stereocenters. The maximum atomic E-state index is 11.9. The van der Waals surface area contributed by atoms with Crippen LogP contribution in [0.15, 0.2) is 24.3 Å². The molecule has 1 amide bonds. The largest absolute Gasteiger partial charge is 0.483 e. The molecule has 1 aromatic carbocycles. The van der Waals surface area contributed by atoms with Crippen LogP contribution in [-0.4, -0.2) is 23.5 Å². The molecule has 0 aliphatic heterocycles. The first-order valence-electron chi connectivity index (χ1n) is 7.21. The number of ether oxygens (including phenoxy) is 1. The minimum Gasteiger partial charge on any atom is -0.483 e. The fraction of sp³-hybridized carbons (Fsp3) is 0.500. The third-order valence-corrected chi connectivity index (χ3v) is 3.32. The smallest absolute Gasteiger partial charge is 0.258 e. The van der Waals surface area contributed by atoms with E-state index in [2.05, 4.69) is 19.2 Å². The number of benzene rings is 1. The van der Waals surface area contributed by atoms with Crippen molar-refractivity contribution in [3.8, 4) is 5.75 Å². The van der Waals surface area contributed by atoms with Crippen molar-refractivity contribution in [1.29, 1.82) is 0 Å². The maximum Gasteiger partial charge on any atom is 0.258 e. The van der Waals surface area contributed by atoms with Crippen LogP contribution < -0.4 is 15.8 Å². The SMILES string of the molecule is CC(C)CCC(C)NC(=O)COc1ccccc1C(N)=S. The van der Waals surface area contributed by atoms with Gasteiger partial charge in [0.25, 0.3) is 5.91 Å². The van der Waals surface area contributed by atoms with Crippen LogP contribution in [0.5, 0.6) is 5.75 Å². The average Bonchev–Trinajstić information content (AvgIpc) is 2.43. The summed E-state index contributed by atoms with van der Waals surface area (Å²) in [5.74, 6) is 1.04. The molecule has 0 bridgehead atoms. The van der Waals surface area contributed by atoms with Gasteiger partial charge in [-0.3, -0.25) is 4.79 Å². The molecule has 116 valence electrons. The van der Waals surface area contributed by atoms with E-state index in [-0.39, 0.29) is 23.5 Å². The topological polar surface area (TPSA) is 64.3 Å².